The SMILES string of the molecule is CCN(CC)C(CNCc1ccc(Cl)cc1)c1ccc(OC)cc1. The molecule has 0 aliphatic carbocycles. The molecule has 130 valence electrons. The van der Waals surface area contributed by atoms with Gasteiger partial charge in [-0.15, -0.1) is 0 Å². The maximum atomic E-state index is 5.94. The highest BCUT2D eigenvalue weighted by Crippen LogP contribution is 2.22. The summed E-state index contributed by atoms with van der Waals surface area (Å²) in [6, 6.07) is 16.7. The van der Waals surface area contributed by atoms with Crippen molar-refractivity contribution in [3.05, 3.63) is 64.7 Å². The smallest absolute Gasteiger partial charge is 0.118 e. The van der Waals surface area contributed by atoms with Crippen molar-refractivity contribution in [2.75, 3.05) is 26.7 Å². The first-order chi connectivity index (χ1) is 11.7. The fourth-order valence-corrected chi connectivity index (χ4v) is 3.03. The number of likely N-dealkylation sites (N-methyl/N-ethyl adjacent to an activating group) is 1. The monoisotopic (exact) mass is 346 g/mol. The highest BCUT2D eigenvalue weighted by atomic mass is 35.5. The van der Waals surface area contributed by atoms with E-state index in [2.05, 4.69) is 48.3 Å². The van der Waals surface area contributed by atoms with Gasteiger partial charge in [-0.3, -0.25) is 4.90 Å². The molecule has 1 unspecified atom stereocenters. The summed E-state index contributed by atoms with van der Waals surface area (Å²) in [7, 11) is 1.70. The van der Waals surface area contributed by atoms with Crippen LogP contribution in [0, 0.1) is 0 Å². The van der Waals surface area contributed by atoms with E-state index in [1.165, 1.54) is 11.1 Å². The van der Waals surface area contributed by atoms with Gasteiger partial charge in [-0.1, -0.05) is 49.7 Å². The molecule has 1 N–H and O–H groups in total. The number of ether oxygens (including phenoxy) is 1. The molecule has 24 heavy (non-hydrogen) atoms. The quantitative estimate of drug-likeness (QED) is 0.722. The van der Waals surface area contributed by atoms with E-state index in [9.17, 15) is 0 Å². The number of benzene rings is 2. The molecular weight excluding hydrogens is 320 g/mol. The van der Waals surface area contributed by atoms with Gasteiger partial charge in [0.15, 0.2) is 0 Å². The first kappa shape index (κ1) is 18.8. The molecule has 0 saturated carbocycles. The van der Waals surface area contributed by atoms with Crippen molar-refractivity contribution in [3.63, 3.8) is 0 Å². The van der Waals surface area contributed by atoms with Gasteiger partial charge in [0.1, 0.15) is 5.75 Å². The minimum absolute atomic E-state index is 0.346. The zero-order chi connectivity index (χ0) is 17.4. The van der Waals surface area contributed by atoms with Gasteiger partial charge in [-0.25, -0.2) is 0 Å². The number of rotatable bonds is 9. The van der Waals surface area contributed by atoms with Crippen molar-refractivity contribution in [2.24, 2.45) is 0 Å². The number of hydrogen-bond donors (Lipinski definition) is 1. The van der Waals surface area contributed by atoms with Crippen molar-refractivity contribution < 1.29 is 4.74 Å². The lowest BCUT2D eigenvalue weighted by atomic mass is 10.0. The Morgan fingerprint density at radius 2 is 1.62 bits per heavy atom. The van der Waals surface area contributed by atoms with Crippen molar-refractivity contribution in [2.45, 2.75) is 26.4 Å². The molecule has 0 saturated heterocycles. The number of halogens is 1. The summed E-state index contributed by atoms with van der Waals surface area (Å²) < 4.78 is 5.27. The predicted octanol–water partition coefficient (Wildman–Crippen LogP) is 4.52. The lowest BCUT2D eigenvalue weighted by Gasteiger charge is -2.30. The lowest BCUT2D eigenvalue weighted by molar-refractivity contribution is 0.213. The molecule has 0 radical (unpaired) electrons. The zero-order valence-corrected chi connectivity index (χ0v) is 15.5. The molecule has 2 rings (SSSR count). The van der Waals surface area contributed by atoms with Crippen LogP contribution in [0.5, 0.6) is 5.75 Å². The topological polar surface area (TPSA) is 24.5 Å². The minimum atomic E-state index is 0.346. The van der Waals surface area contributed by atoms with Crippen molar-refractivity contribution in [1.82, 2.24) is 10.2 Å². The number of hydrogen-bond acceptors (Lipinski definition) is 3. The van der Waals surface area contributed by atoms with Gasteiger partial charge in [0.05, 0.1) is 7.11 Å². The summed E-state index contributed by atoms with van der Waals surface area (Å²) in [6.45, 7) is 8.20. The van der Waals surface area contributed by atoms with Crippen LogP contribution in [0.1, 0.15) is 31.0 Å². The highest BCUT2D eigenvalue weighted by molar-refractivity contribution is 6.30. The van der Waals surface area contributed by atoms with Crippen molar-refractivity contribution >= 4 is 11.6 Å². The zero-order valence-electron chi connectivity index (χ0n) is 14.8. The maximum Gasteiger partial charge on any atom is 0.118 e. The molecule has 0 bridgehead atoms. The average molecular weight is 347 g/mol. The summed E-state index contributed by atoms with van der Waals surface area (Å²) in [5.74, 6) is 0.895. The van der Waals surface area contributed by atoms with Crippen LogP contribution in [0.3, 0.4) is 0 Å². The minimum Gasteiger partial charge on any atom is -0.497 e. The van der Waals surface area contributed by atoms with Gasteiger partial charge in [0.25, 0.3) is 0 Å². The van der Waals surface area contributed by atoms with Gasteiger partial charge < -0.3 is 10.1 Å². The van der Waals surface area contributed by atoms with Crippen LogP contribution in [0.4, 0.5) is 0 Å². The lowest BCUT2D eigenvalue weighted by Crippen LogP contribution is -2.35. The van der Waals surface area contributed by atoms with Gasteiger partial charge in [-0.2, -0.15) is 0 Å². The van der Waals surface area contributed by atoms with E-state index in [0.717, 1.165) is 37.0 Å². The Morgan fingerprint density at radius 1 is 1.00 bits per heavy atom. The summed E-state index contributed by atoms with van der Waals surface area (Å²) in [4.78, 5) is 2.47. The third-order valence-corrected chi connectivity index (χ3v) is 4.59. The van der Waals surface area contributed by atoms with E-state index >= 15 is 0 Å². The van der Waals surface area contributed by atoms with E-state index in [0.29, 0.717) is 6.04 Å². The second-order valence-electron chi connectivity index (χ2n) is 5.77. The van der Waals surface area contributed by atoms with E-state index in [4.69, 9.17) is 16.3 Å². The second-order valence-corrected chi connectivity index (χ2v) is 6.20. The van der Waals surface area contributed by atoms with Gasteiger partial charge in [0, 0.05) is 24.2 Å². The van der Waals surface area contributed by atoms with Crippen molar-refractivity contribution in [1.29, 1.82) is 0 Å². The molecule has 0 fully saturated rings. The predicted molar refractivity (Wildman–Crippen MR) is 102 cm³/mol. The summed E-state index contributed by atoms with van der Waals surface area (Å²) >= 11 is 5.94. The molecule has 0 amide bonds. The first-order valence-corrected chi connectivity index (χ1v) is 8.88. The Balaban J connectivity index is 2.03. The Bertz CT molecular complexity index is 594. The standard InChI is InChI=1S/C20H27ClN2O/c1-4-23(5-2)20(17-8-12-19(24-3)13-9-17)15-22-14-16-6-10-18(21)11-7-16/h6-13,20,22H,4-5,14-15H2,1-3H3. The molecule has 0 spiro atoms. The first-order valence-electron chi connectivity index (χ1n) is 8.51. The van der Waals surface area contributed by atoms with E-state index < -0.39 is 0 Å². The number of nitrogens with zero attached hydrogens (tertiary/aromatic N) is 1. The Hall–Kier alpha value is -1.55. The molecule has 2 aromatic rings. The number of nitrogens with one attached hydrogen (secondary N) is 1. The summed E-state index contributed by atoms with van der Waals surface area (Å²) in [5, 5.41) is 4.36. The van der Waals surface area contributed by atoms with Crippen LogP contribution in [-0.2, 0) is 6.54 Å². The fourth-order valence-electron chi connectivity index (χ4n) is 2.90. The highest BCUT2D eigenvalue weighted by Gasteiger charge is 2.17. The fraction of sp³-hybridized carbons (Fsp3) is 0.400. The normalized spacial score (nSPS) is 12.4. The van der Waals surface area contributed by atoms with Crippen molar-refractivity contribution in [3.8, 4) is 5.75 Å². The van der Waals surface area contributed by atoms with Gasteiger partial charge >= 0.3 is 0 Å². The van der Waals surface area contributed by atoms with E-state index in [1.54, 1.807) is 7.11 Å². The van der Waals surface area contributed by atoms with Crippen LogP contribution >= 0.6 is 11.6 Å². The second kappa shape index (κ2) is 9.67. The summed E-state index contributed by atoms with van der Waals surface area (Å²) in [6.07, 6.45) is 0. The molecular formula is C20H27ClN2O. The molecule has 4 heteroatoms. The Morgan fingerprint density at radius 3 is 2.17 bits per heavy atom. The molecule has 1 atom stereocenters. The van der Waals surface area contributed by atoms with Crippen LogP contribution in [0.25, 0.3) is 0 Å². The van der Waals surface area contributed by atoms with Gasteiger partial charge in [-0.05, 0) is 48.5 Å². The molecule has 3 nitrogen and oxygen atoms in total. The van der Waals surface area contributed by atoms with E-state index in [-0.39, 0.29) is 0 Å². The van der Waals surface area contributed by atoms with Gasteiger partial charge in [0.2, 0.25) is 0 Å². The molecule has 0 heterocycles. The molecule has 0 aliphatic rings. The largest absolute Gasteiger partial charge is 0.497 e. The number of methoxy groups -OCH3 is 1. The summed E-state index contributed by atoms with van der Waals surface area (Å²) in [5.41, 5.74) is 2.55. The third kappa shape index (κ3) is 5.23. The van der Waals surface area contributed by atoms with E-state index in [1.807, 2.05) is 24.3 Å². The third-order valence-electron chi connectivity index (χ3n) is 4.33. The molecule has 0 aromatic heterocycles. The average Bonchev–Trinajstić information content (AvgIpc) is 2.63. The van der Waals surface area contributed by atoms with Crippen LogP contribution in [0.15, 0.2) is 48.5 Å². The Kier molecular flexibility index (Phi) is 7.57. The molecule has 2 aromatic carbocycles. The van der Waals surface area contributed by atoms with Crippen LogP contribution < -0.4 is 10.1 Å². The molecule has 0 aliphatic heterocycles. The maximum absolute atomic E-state index is 5.94. The Labute approximate surface area is 150 Å². The van der Waals surface area contributed by atoms with Crippen LogP contribution in [0.2, 0.25) is 5.02 Å². The van der Waals surface area contributed by atoms with Crippen LogP contribution in [-0.4, -0.2) is 31.6 Å².